The Morgan fingerprint density at radius 2 is 1.85 bits per heavy atom. The molecule has 1 amide bonds. The average Bonchev–Trinajstić information content (AvgIpc) is 3.08. The number of aryl methyl sites for hydroxylation is 1. The number of likely N-dealkylation sites (tertiary alicyclic amines) is 1. The molecular formula is C17H17Cl2N3O3S. The Kier molecular flexibility index (Phi) is 5.41. The van der Waals surface area contributed by atoms with Crippen LogP contribution in [0.3, 0.4) is 0 Å². The second kappa shape index (κ2) is 7.42. The van der Waals surface area contributed by atoms with Crippen molar-refractivity contribution in [1.82, 2.24) is 9.88 Å². The molecule has 1 aliphatic heterocycles. The summed E-state index contributed by atoms with van der Waals surface area (Å²) in [6, 6.07) is 7.64. The van der Waals surface area contributed by atoms with E-state index in [2.05, 4.69) is 9.71 Å². The maximum absolute atomic E-state index is 12.9. The fourth-order valence-electron chi connectivity index (χ4n) is 2.91. The van der Waals surface area contributed by atoms with Crippen LogP contribution in [0.25, 0.3) is 0 Å². The van der Waals surface area contributed by atoms with Gasteiger partial charge in [-0.25, -0.2) is 13.4 Å². The average molecular weight is 414 g/mol. The van der Waals surface area contributed by atoms with Crippen LogP contribution in [0.15, 0.2) is 35.2 Å². The molecule has 1 aromatic carbocycles. The van der Waals surface area contributed by atoms with Crippen LogP contribution < -0.4 is 4.72 Å². The van der Waals surface area contributed by atoms with Crippen molar-refractivity contribution in [2.75, 3.05) is 17.8 Å². The maximum atomic E-state index is 12.9. The monoisotopic (exact) mass is 413 g/mol. The highest BCUT2D eigenvalue weighted by molar-refractivity contribution is 7.92. The lowest BCUT2D eigenvalue weighted by atomic mass is 10.1. The summed E-state index contributed by atoms with van der Waals surface area (Å²) in [5.74, 6) is -0.182. The molecule has 9 heteroatoms. The molecule has 2 heterocycles. The number of nitrogens with zero attached hydrogens (tertiary/aromatic N) is 2. The lowest BCUT2D eigenvalue weighted by Crippen LogP contribution is -2.29. The van der Waals surface area contributed by atoms with E-state index in [1.165, 1.54) is 12.1 Å². The highest BCUT2D eigenvalue weighted by atomic mass is 35.5. The Labute approximate surface area is 162 Å². The molecule has 0 bridgehead atoms. The summed E-state index contributed by atoms with van der Waals surface area (Å²) in [4.78, 5) is 18.1. The lowest BCUT2D eigenvalue weighted by molar-refractivity contribution is 0.0793. The number of hydrogen-bond acceptors (Lipinski definition) is 4. The van der Waals surface area contributed by atoms with E-state index in [1.54, 1.807) is 30.0 Å². The van der Waals surface area contributed by atoms with Crippen molar-refractivity contribution in [3.05, 3.63) is 51.8 Å². The molecule has 1 aliphatic rings. The molecule has 0 unspecified atom stereocenters. The number of amides is 1. The van der Waals surface area contributed by atoms with Gasteiger partial charge in [-0.15, -0.1) is 0 Å². The second-order valence-electron chi connectivity index (χ2n) is 6.03. The van der Waals surface area contributed by atoms with E-state index in [9.17, 15) is 13.2 Å². The van der Waals surface area contributed by atoms with Gasteiger partial charge in [0, 0.05) is 13.1 Å². The quantitative estimate of drug-likeness (QED) is 0.774. The van der Waals surface area contributed by atoms with E-state index >= 15 is 0 Å². The molecule has 0 radical (unpaired) electrons. The van der Waals surface area contributed by atoms with Gasteiger partial charge in [0.2, 0.25) is 0 Å². The topological polar surface area (TPSA) is 79.4 Å². The minimum absolute atomic E-state index is 0.0920. The minimum atomic E-state index is -4.03. The smallest absolute Gasteiger partial charge is 0.264 e. The van der Waals surface area contributed by atoms with E-state index in [0.29, 0.717) is 24.2 Å². The zero-order chi connectivity index (χ0) is 18.9. The molecule has 0 aliphatic carbocycles. The lowest BCUT2D eigenvalue weighted by Gasteiger charge is -2.20. The van der Waals surface area contributed by atoms with E-state index < -0.39 is 10.0 Å². The van der Waals surface area contributed by atoms with Crippen LogP contribution in [0, 0.1) is 6.92 Å². The van der Waals surface area contributed by atoms with E-state index in [4.69, 9.17) is 23.2 Å². The van der Waals surface area contributed by atoms with Crippen molar-refractivity contribution in [2.45, 2.75) is 24.7 Å². The summed E-state index contributed by atoms with van der Waals surface area (Å²) in [5.41, 5.74) is 1.26. The third-order valence-corrected chi connectivity index (χ3v) is 6.20. The summed E-state index contributed by atoms with van der Waals surface area (Å²) in [6.07, 6.45) is 1.90. The first kappa shape index (κ1) is 18.9. The van der Waals surface area contributed by atoms with Crippen molar-refractivity contribution in [3.8, 4) is 0 Å². The highest BCUT2D eigenvalue weighted by Crippen LogP contribution is 2.28. The number of aromatic nitrogens is 1. The Hall–Kier alpha value is -1.83. The Balaban J connectivity index is 1.99. The SMILES string of the molecule is Cc1cccc(NS(=O)(=O)c2ccc(Cl)nc2Cl)c1C(=O)N1CCCC1. The van der Waals surface area contributed by atoms with Crippen molar-refractivity contribution in [1.29, 1.82) is 0 Å². The summed E-state index contributed by atoms with van der Waals surface area (Å²) in [6.45, 7) is 3.12. The van der Waals surface area contributed by atoms with Gasteiger partial charge in [0.1, 0.15) is 10.0 Å². The molecule has 0 atom stereocenters. The summed E-state index contributed by atoms with van der Waals surface area (Å²) in [5, 5.41) is -0.139. The molecule has 3 rings (SSSR count). The fraction of sp³-hybridized carbons (Fsp3) is 0.294. The van der Waals surface area contributed by atoms with Crippen molar-refractivity contribution < 1.29 is 13.2 Å². The summed E-state index contributed by atoms with van der Waals surface area (Å²) < 4.78 is 27.9. The second-order valence-corrected chi connectivity index (χ2v) is 8.42. The van der Waals surface area contributed by atoms with E-state index in [-0.39, 0.29) is 26.8 Å². The largest absolute Gasteiger partial charge is 0.339 e. The number of halogens is 2. The summed E-state index contributed by atoms with van der Waals surface area (Å²) in [7, 11) is -4.03. The number of benzene rings is 1. The molecule has 138 valence electrons. The number of rotatable bonds is 4. The molecule has 2 aromatic rings. The molecule has 0 spiro atoms. The first-order chi connectivity index (χ1) is 12.3. The van der Waals surface area contributed by atoms with Crippen molar-refractivity contribution >= 4 is 44.8 Å². The third kappa shape index (κ3) is 3.79. The van der Waals surface area contributed by atoms with Crippen molar-refractivity contribution in [3.63, 3.8) is 0 Å². The van der Waals surface area contributed by atoms with E-state index in [1.807, 2.05) is 0 Å². The predicted molar refractivity (Wildman–Crippen MR) is 101 cm³/mol. The fourth-order valence-corrected chi connectivity index (χ4v) is 4.65. The molecule has 1 N–H and O–H groups in total. The standard InChI is InChI=1S/C17H17Cl2N3O3S/c1-11-5-4-6-12(15(11)17(23)22-9-2-3-10-22)21-26(24,25)13-7-8-14(18)20-16(13)19/h4-8,21H,2-3,9-10H2,1H3. The summed E-state index contributed by atoms with van der Waals surface area (Å²) >= 11 is 11.7. The zero-order valence-electron chi connectivity index (χ0n) is 14.0. The van der Waals surface area contributed by atoms with Crippen LogP contribution in [-0.4, -0.2) is 37.3 Å². The highest BCUT2D eigenvalue weighted by Gasteiger charge is 2.26. The van der Waals surface area contributed by atoms with Crippen LogP contribution >= 0.6 is 23.2 Å². The van der Waals surface area contributed by atoms with Gasteiger partial charge in [0.15, 0.2) is 5.15 Å². The molecule has 0 saturated carbocycles. The number of pyridine rings is 1. The number of hydrogen-bond donors (Lipinski definition) is 1. The van der Waals surface area contributed by atoms with Crippen LogP contribution in [0.5, 0.6) is 0 Å². The predicted octanol–water partition coefficient (Wildman–Crippen LogP) is 3.73. The van der Waals surface area contributed by atoms with Crippen LogP contribution in [0.2, 0.25) is 10.3 Å². The van der Waals surface area contributed by atoms with Gasteiger partial charge in [0.05, 0.1) is 11.3 Å². The number of sulfonamides is 1. The van der Waals surface area contributed by atoms with Gasteiger partial charge in [-0.2, -0.15) is 0 Å². The van der Waals surface area contributed by atoms with Crippen molar-refractivity contribution in [2.24, 2.45) is 0 Å². The number of carbonyl (C=O) groups excluding carboxylic acids is 1. The van der Waals surface area contributed by atoms with Gasteiger partial charge in [0.25, 0.3) is 15.9 Å². The Morgan fingerprint density at radius 3 is 2.50 bits per heavy atom. The molecule has 1 aromatic heterocycles. The first-order valence-corrected chi connectivity index (χ1v) is 10.3. The van der Waals surface area contributed by atoms with E-state index in [0.717, 1.165) is 12.8 Å². The molecular weight excluding hydrogens is 397 g/mol. The molecule has 26 heavy (non-hydrogen) atoms. The minimum Gasteiger partial charge on any atom is -0.339 e. The van der Waals surface area contributed by atoms with Gasteiger partial charge >= 0.3 is 0 Å². The number of carbonyl (C=O) groups is 1. The van der Waals surface area contributed by atoms with Gasteiger partial charge in [-0.1, -0.05) is 35.3 Å². The Bertz CT molecular complexity index is 958. The van der Waals surface area contributed by atoms with Gasteiger partial charge < -0.3 is 4.90 Å². The third-order valence-electron chi connectivity index (χ3n) is 4.19. The van der Waals surface area contributed by atoms with Crippen LogP contribution in [-0.2, 0) is 10.0 Å². The molecule has 1 saturated heterocycles. The first-order valence-electron chi connectivity index (χ1n) is 8.03. The van der Waals surface area contributed by atoms with Crippen LogP contribution in [0.1, 0.15) is 28.8 Å². The molecule has 6 nitrogen and oxygen atoms in total. The number of nitrogens with one attached hydrogen (secondary N) is 1. The Morgan fingerprint density at radius 1 is 1.15 bits per heavy atom. The normalized spacial score (nSPS) is 14.5. The van der Waals surface area contributed by atoms with Gasteiger partial charge in [-0.3, -0.25) is 9.52 Å². The maximum Gasteiger partial charge on any atom is 0.264 e. The molecule has 1 fully saturated rings. The number of anilines is 1. The van der Waals surface area contributed by atoms with Gasteiger partial charge in [-0.05, 0) is 43.5 Å². The van der Waals surface area contributed by atoms with Crippen LogP contribution in [0.4, 0.5) is 5.69 Å². The zero-order valence-corrected chi connectivity index (χ0v) is 16.3.